The zero-order valence-electron chi connectivity index (χ0n) is 11.2. The Bertz CT molecular complexity index is 456. The second-order valence-electron chi connectivity index (χ2n) is 5.35. The molecule has 1 saturated heterocycles. The summed E-state index contributed by atoms with van der Waals surface area (Å²) >= 11 is 3.26. The molecule has 104 valence electrons. The third-order valence-electron chi connectivity index (χ3n) is 2.56. The molecule has 2 heterocycles. The summed E-state index contributed by atoms with van der Waals surface area (Å²) in [5, 5.41) is 0. The van der Waals surface area contributed by atoms with E-state index in [2.05, 4.69) is 20.9 Å². The molecule has 1 fully saturated rings. The van der Waals surface area contributed by atoms with Gasteiger partial charge >= 0.3 is 6.09 Å². The molecule has 19 heavy (non-hydrogen) atoms. The van der Waals surface area contributed by atoms with E-state index in [0.29, 0.717) is 12.3 Å². The topological polar surface area (TPSA) is 51.7 Å². The van der Waals surface area contributed by atoms with Gasteiger partial charge in [-0.1, -0.05) is 0 Å². The molecule has 0 radical (unpaired) electrons. The number of halogens is 1. The predicted octanol–water partition coefficient (Wildman–Crippen LogP) is 3.19. The Morgan fingerprint density at radius 1 is 1.47 bits per heavy atom. The molecule has 0 aromatic carbocycles. The van der Waals surface area contributed by atoms with Crippen LogP contribution in [0.4, 0.5) is 4.79 Å². The average Bonchev–Trinajstić information content (AvgIpc) is 2.24. The molecule has 2 rings (SSSR count). The Kier molecular flexibility index (Phi) is 3.99. The van der Waals surface area contributed by atoms with Crippen LogP contribution in [0.2, 0.25) is 0 Å². The van der Waals surface area contributed by atoms with Crippen LogP contribution in [0.25, 0.3) is 0 Å². The molecule has 1 aromatic heterocycles. The molecule has 0 N–H and O–H groups in total. The van der Waals surface area contributed by atoms with E-state index in [1.54, 1.807) is 17.2 Å². The Balaban J connectivity index is 1.92. The van der Waals surface area contributed by atoms with Gasteiger partial charge in [-0.25, -0.2) is 9.78 Å². The summed E-state index contributed by atoms with van der Waals surface area (Å²) in [7, 11) is 0. The van der Waals surface area contributed by atoms with E-state index in [-0.39, 0.29) is 12.3 Å². The third-order valence-corrected chi connectivity index (χ3v) is 3.03. The Labute approximate surface area is 121 Å². The number of aromatic nitrogens is 1. The zero-order chi connectivity index (χ0) is 14.0. The molecule has 1 atom stereocenters. The summed E-state index contributed by atoms with van der Waals surface area (Å²) < 4.78 is 11.8. The smallest absolute Gasteiger partial charge is 0.413 e. The van der Waals surface area contributed by atoms with Gasteiger partial charge in [0, 0.05) is 13.0 Å². The van der Waals surface area contributed by atoms with Gasteiger partial charge < -0.3 is 9.47 Å². The van der Waals surface area contributed by atoms with Gasteiger partial charge in [0.05, 0.1) is 6.20 Å². The number of carbonyl (C=O) groups is 1. The van der Waals surface area contributed by atoms with Crippen molar-refractivity contribution < 1.29 is 14.3 Å². The quantitative estimate of drug-likeness (QED) is 0.782. The van der Waals surface area contributed by atoms with E-state index in [0.717, 1.165) is 11.0 Å². The molecule has 1 unspecified atom stereocenters. The van der Waals surface area contributed by atoms with E-state index in [9.17, 15) is 4.79 Å². The molecule has 6 heteroatoms. The first kappa shape index (κ1) is 14.1. The van der Waals surface area contributed by atoms with E-state index in [4.69, 9.17) is 9.47 Å². The number of carbonyl (C=O) groups excluding carboxylic acids is 1. The Morgan fingerprint density at radius 3 is 2.68 bits per heavy atom. The molecular weight excluding hydrogens is 312 g/mol. The van der Waals surface area contributed by atoms with Gasteiger partial charge in [0.15, 0.2) is 6.23 Å². The number of nitrogens with zero attached hydrogens (tertiary/aromatic N) is 2. The van der Waals surface area contributed by atoms with Crippen LogP contribution in [0.3, 0.4) is 0 Å². The minimum atomic E-state index is -0.490. The van der Waals surface area contributed by atoms with Crippen LogP contribution in [0, 0.1) is 0 Å². The second kappa shape index (κ2) is 5.36. The molecule has 1 aromatic rings. The molecule has 1 amide bonds. The van der Waals surface area contributed by atoms with Crippen LogP contribution in [0.5, 0.6) is 5.75 Å². The number of pyridine rings is 1. The maximum Gasteiger partial charge on any atom is 0.413 e. The standard InChI is InChI=1S/C13H17BrN2O3/c1-13(2,3)19-12(17)16-7-6-11(16)18-9-4-5-10(14)15-8-9/h4-5,8,11H,6-7H2,1-3H3. The van der Waals surface area contributed by atoms with Crippen molar-refractivity contribution in [3.8, 4) is 5.75 Å². The minimum Gasteiger partial charge on any atom is -0.469 e. The number of hydrogen-bond donors (Lipinski definition) is 0. The van der Waals surface area contributed by atoms with Gasteiger partial charge in [-0.05, 0) is 48.8 Å². The number of likely N-dealkylation sites (tertiary alicyclic amines) is 1. The maximum atomic E-state index is 11.9. The van der Waals surface area contributed by atoms with Gasteiger partial charge in [-0.3, -0.25) is 4.90 Å². The first-order valence-corrected chi connectivity index (χ1v) is 6.92. The van der Waals surface area contributed by atoms with Gasteiger partial charge in [-0.2, -0.15) is 0 Å². The lowest BCUT2D eigenvalue weighted by Gasteiger charge is -2.40. The van der Waals surface area contributed by atoms with E-state index in [1.807, 2.05) is 26.8 Å². The second-order valence-corrected chi connectivity index (χ2v) is 6.16. The number of ether oxygens (including phenoxy) is 2. The van der Waals surface area contributed by atoms with Crippen molar-refractivity contribution in [3.63, 3.8) is 0 Å². The monoisotopic (exact) mass is 328 g/mol. The SMILES string of the molecule is CC(C)(C)OC(=O)N1CCC1Oc1ccc(Br)nc1. The van der Waals surface area contributed by atoms with Gasteiger partial charge in [-0.15, -0.1) is 0 Å². The minimum absolute atomic E-state index is 0.266. The lowest BCUT2D eigenvalue weighted by molar-refractivity contribution is -0.0662. The van der Waals surface area contributed by atoms with Crippen LogP contribution in [0.1, 0.15) is 27.2 Å². The number of hydrogen-bond acceptors (Lipinski definition) is 4. The van der Waals surface area contributed by atoms with Crippen molar-refractivity contribution in [1.82, 2.24) is 9.88 Å². The lowest BCUT2D eigenvalue weighted by atomic mass is 10.2. The van der Waals surface area contributed by atoms with E-state index < -0.39 is 5.60 Å². The summed E-state index contributed by atoms with van der Waals surface area (Å²) in [6, 6.07) is 3.61. The molecule has 0 spiro atoms. The highest BCUT2D eigenvalue weighted by atomic mass is 79.9. The molecule has 0 bridgehead atoms. The van der Waals surface area contributed by atoms with E-state index >= 15 is 0 Å². The maximum absolute atomic E-state index is 11.9. The van der Waals surface area contributed by atoms with Crippen LogP contribution in [-0.2, 0) is 4.74 Å². The summed E-state index contributed by atoms with van der Waals surface area (Å²) in [6.07, 6.45) is 1.82. The Morgan fingerprint density at radius 2 is 2.21 bits per heavy atom. The van der Waals surface area contributed by atoms with Gasteiger partial charge in [0.2, 0.25) is 0 Å². The highest BCUT2D eigenvalue weighted by Crippen LogP contribution is 2.24. The summed E-state index contributed by atoms with van der Waals surface area (Å²) in [5.74, 6) is 0.640. The van der Waals surface area contributed by atoms with E-state index in [1.165, 1.54) is 0 Å². The van der Waals surface area contributed by atoms with Crippen molar-refractivity contribution >= 4 is 22.0 Å². The summed E-state index contributed by atoms with van der Waals surface area (Å²) in [5.41, 5.74) is -0.490. The summed E-state index contributed by atoms with van der Waals surface area (Å²) in [6.45, 7) is 6.20. The molecule has 1 aliphatic heterocycles. The summed E-state index contributed by atoms with van der Waals surface area (Å²) in [4.78, 5) is 17.5. The fourth-order valence-electron chi connectivity index (χ4n) is 1.60. The normalized spacial score (nSPS) is 18.7. The molecule has 1 aliphatic rings. The van der Waals surface area contributed by atoms with Gasteiger partial charge in [0.25, 0.3) is 0 Å². The molecule has 5 nitrogen and oxygen atoms in total. The average molecular weight is 329 g/mol. The predicted molar refractivity (Wildman–Crippen MR) is 73.9 cm³/mol. The first-order chi connectivity index (χ1) is 8.85. The zero-order valence-corrected chi connectivity index (χ0v) is 12.8. The molecule has 0 aliphatic carbocycles. The van der Waals surface area contributed by atoms with Crippen molar-refractivity contribution in [2.24, 2.45) is 0 Å². The molecule has 0 saturated carbocycles. The molecular formula is C13H17BrN2O3. The van der Waals surface area contributed by atoms with Crippen molar-refractivity contribution in [1.29, 1.82) is 0 Å². The van der Waals surface area contributed by atoms with Crippen molar-refractivity contribution in [2.75, 3.05) is 6.54 Å². The van der Waals surface area contributed by atoms with Crippen molar-refractivity contribution in [2.45, 2.75) is 39.0 Å². The van der Waals surface area contributed by atoms with Crippen LogP contribution >= 0.6 is 15.9 Å². The Hall–Kier alpha value is -1.30. The third kappa shape index (κ3) is 3.83. The fraction of sp³-hybridized carbons (Fsp3) is 0.538. The first-order valence-electron chi connectivity index (χ1n) is 6.13. The lowest BCUT2D eigenvalue weighted by Crippen LogP contribution is -2.55. The van der Waals surface area contributed by atoms with Crippen LogP contribution < -0.4 is 4.74 Å². The van der Waals surface area contributed by atoms with Crippen LogP contribution in [-0.4, -0.2) is 34.4 Å². The number of amides is 1. The largest absolute Gasteiger partial charge is 0.469 e. The fourth-order valence-corrected chi connectivity index (χ4v) is 1.84. The highest BCUT2D eigenvalue weighted by Gasteiger charge is 2.36. The van der Waals surface area contributed by atoms with Gasteiger partial charge in [0.1, 0.15) is 16.0 Å². The van der Waals surface area contributed by atoms with Crippen molar-refractivity contribution in [3.05, 3.63) is 22.9 Å². The number of rotatable bonds is 2. The van der Waals surface area contributed by atoms with Crippen LogP contribution in [0.15, 0.2) is 22.9 Å². The highest BCUT2D eigenvalue weighted by molar-refractivity contribution is 9.10.